The average Bonchev–Trinajstić information content (AvgIpc) is 3.10. The predicted molar refractivity (Wildman–Crippen MR) is 147 cm³/mol. The zero-order chi connectivity index (χ0) is 26.5. The van der Waals surface area contributed by atoms with Crippen molar-refractivity contribution in [2.75, 3.05) is 63.6 Å². The lowest BCUT2D eigenvalue weighted by Crippen LogP contribution is -2.45. The summed E-state index contributed by atoms with van der Waals surface area (Å²) in [6.07, 6.45) is 0.704. The molecule has 2 aliphatic rings. The normalized spacial score (nSPS) is 19.0. The number of methoxy groups -OCH3 is 1. The van der Waals surface area contributed by atoms with E-state index >= 15 is 0 Å². The predicted octanol–water partition coefficient (Wildman–Crippen LogP) is 3.46. The lowest BCUT2D eigenvalue weighted by Gasteiger charge is -2.33. The summed E-state index contributed by atoms with van der Waals surface area (Å²) < 4.78 is 18.5. The molecule has 2 aromatic carbocycles. The minimum atomic E-state index is -0.763. The van der Waals surface area contributed by atoms with E-state index in [2.05, 4.69) is 22.2 Å². The Kier molecular flexibility index (Phi) is 8.96. The molecular weight excluding hydrogens is 517 g/mol. The number of amides is 2. The van der Waals surface area contributed by atoms with Crippen molar-refractivity contribution in [3.8, 4) is 5.75 Å². The molecule has 0 unspecified atom stereocenters. The molecule has 0 bridgehead atoms. The molecule has 2 aromatic rings. The number of nitrogens with one attached hydrogen (secondary N) is 1. The summed E-state index contributed by atoms with van der Waals surface area (Å²) in [7, 11) is 3.64. The Bertz CT molecular complexity index is 1140. The van der Waals surface area contributed by atoms with E-state index in [4.69, 9.17) is 28.6 Å². The van der Waals surface area contributed by atoms with Gasteiger partial charge in [0.1, 0.15) is 17.6 Å². The van der Waals surface area contributed by atoms with Gasteiger partial charge < -0.3 is 24.8 Å². The van der Waals surface area contributed by atoms with Gasteiger partial charge in [0.15, 0.2) is 5.11 Å². The molecule has 0 saturated carbocycles. The zero-order valence-electron chi connectivity index (χ0n) is 21.0. The molecule has 11 heteroatoms. The summed E-state index contributed by atoms with van der Waals surface area (Å²) in [6.45, 7) is 5.47. The van der Waals surface area contributed by atoms with E-state index in [1.807, 2.05) is 4.90 Å². The molecule has 2 fully saturated rings. The summed E-state index contributed by atoms with van der Waals surface area (Å²) in [5.74, 6) is -0.552. The first-order valence-corrected chi connectivity index (χ1v) is 13.0. The second kappa shape index (κ2) is 12.2. The Hall–Kier alpha value is -2.79. The van der Waals surface area contributed by atoms with Crippen LogP contribution in [-0.2, 0) is 9.59 Å². The Balaban J connectivity index is 1.49. The number of hydrogen-bond acceptors (Lipinski definition) is 6. The smallest absolute Gasteiger partial charge is 0.256 e. The van der Waals surface area contributed by atoms with Crippen LogP contribution in [0.4, 0.5) is 15.8 Å². The maximum atomic E-state index is 13.6. The van der Waals surface area contributed by atoms with Crippen LogP contribution >= 0.6 is 23.8 Å². The zero-order valence-corrected chi connectivity index (χ0v) is 22.5. The summed E-state index contributed by atoms with van der Waals surface area (Å²) in [5, 5.41) is 3.44. The molecule has 198 valence electrons. The molecule has 2 aliphatic heterocycles. The van der Waals surface area contributed by atoms with E-state index < -0.39 is 11.9 Å². The minimum absolute atomic E-state index is 0.0920. The van der Waals surface area contributed by atoms with Crippen molar-refractivity contribution in [2.45, 2.75) is 18.9 Å². The summed E-state index contributed by atoms with van der Waals surface area (Å²) in [4.78, 5) is 34.5. The van der Waals surface area contributed by atoms with Crippen LogP contribution in [-0.4, -0.2) is 91.1 Å². The van der Waals surface area contributed by atoms with Gasteiger partial charge in [-0.05, 0) is 74.7 Å². The summed E-state index contributed by atoms with van der Waals surface area (Å²) in [5.41, 5.74) is 0.978. The molecule has 37 heavy (non-hydrogen) atoms. The molecule has 1 atom stereocenters. The number of anilines is 2. The van der Waals surface area contributed by atoms with Crippen molar-refractivity contribution in [1.29, 1.82) is 0 Å². The van der Waals surface area contributed by atoms with Crippen LogP contribution in [0.2, 0.25) is 5.02 Å². The molecule has 8 nitrogen and oxygen atoms in total. The average molecular weight is 548 g/mol. The number of piperazine rings is 1. The second-order valence-corrected chi connectivity index (χ2v) is 10.0. The van der Waals surface area contributed by atoms with Crippen LogP contribution in [0.3, 0.4) is 0 Å². The first-order chi connectivity index (χ1) is 17.8. The van der Waals surface area contributed by atoms with E-state index in [1.54, 1.807) is 18.2 Å². The van der Waals surface area contributed by atoms with Gasteiger partial charge in [0.25, 0.3) is 5.91 Å². The lowest BCUT2D eigenvalue weighted by atomic mass is 10.1. The number of carbonyl (C=O) groups excluding carboxylic acids is 2. The number of likely N-dealkylation sites (N-methyl/N-ethyl adjacent to an activating group) is 1. The van der Waals surface area contributed by atoms with Crippen molar-refractivity contribution >= 4 is 52.1 Å². The van der Waals surface area contributed by atoms with Crippen molar-refractivity contribution in [3.63, 3.8) is 0 Å². The van der Waals surface area contributed by atoms with E-state index in [-0.39, 0.29) is 18.2 Å². The maximum Gasteiger partial charge on any atom is 0.256 e. The molecule has 4 rings (SSSR count). The maximum absolute atomic E-state index is 13.6. The van der Waals surface area contributed by atoms with Gasteiger partial charge in [0, 0.05) is 38.4 Å². The molecule has 2 saturated heterocycles. The van der Waals surface area contributed by atoms with E-state index in [0.717, 1.165) is 39.1 Å². The quantitative estimate of drug-likeness (QED) is 0.482. The highest BCUT2D eigenvalue weighted by Gasteiger charge is 2.44. The molecule has 1 N–H and O–H groups in total. The lowest BCUT2D eigenvalue weighted by molar-refractivity contribution is -0.124. The highest BCUT2D eigenvalue weighted by atomic mass is 35.5. The Morgan fingerprint density at radius 2 is 1.84 bits per heavy atom. The summed E-state index contributed by atoms with van der Waals surface area (Å²) >= 11 is 12.1. The number of benzene rings is 2. The Labute approximate surface area is 226 Å². The van der Waals surface area contributed by atoms with Gasteiger partial charge in [0.2, 0.25) is 5.91 Å². The van der Waals surface area contributed by atoms with E-state index in [1.165, 1.54) is 36.3 Å². The molecule has 2 heterocycles. The monoisotopic (exact) mass is 547 g/mol. The van der Waals surface area contributed by atoms with Gasteiger partial charge in [-0.1, -0.05) is 11.6 Å². The summed E-state index contributed by atoms with van der Waals surface area (Å²) in [6, 6.07) is 9.77. The van der Waals surface area contributed by atoms with Gasteiger partial charge in [-0.25, -0.2) is 4.39 Å². The van der Waals surface area contributed by atoms with Crippen molar-refractivity contribution < 1.29 is 18.7 Å². The first-order valence-electron chi connectivity index (χ1n) is 12.2. The highest BCUT2D eigenvalue weighted by molar-refractivity contribution is 7.80. The van der Waals surface area contributed by atoms with Gasteiger partial charge >= 0.3 is 0 Å². The number of ether oxygens (including phenoxy) is 1. The van der Waals surface area contributed by atoms with Gasteiger partial charge in [-0.2, -0.15) is 0 Å². The number of nitrogens with zero attached hydrogens (tertiary/aromatic N) is 4. The number of thiocarbonyl (C=S) groups is 1. The molecule has 0 spiro atoms. The van der Waals surface area contributed by atoms with Crippen molar-refractivity contribution in [3.05, 3.63) is 53.3 Å². The number of hydrogen-bond donors (Lipinski definition) is 1. The third-order valence-electron chi connectivity index (χ3n) is 6.69. The van der Waals surface area contributed by atoms with Crippen molar-refractivity contribution in [1.82, 2.24) is 14.7 Å². The molecule has 0 aliphatic carbocycles. The van der Waals surface area contributed by atoms with Gasteiger partial charge in [-0.3, -0.25) is 14.5 Å². The standard InChI is InChI=1S/C26H31ClFN5O3S/c1-30-12-14-31(15-13-30)10-3-11-32-22(17-24(34)29-19-6-4-18(28)5-7-19)25(35)33(26(32)37)20-8-9-23(36-2)21(27)16-20/h4-9,16,22H,3,10-15,17H2,1-2H3,(H,29,34)/t22-/m1/s1. The van der Waals surface area contributed by atoms with Gasteiger partial charge in [-0.15, -0.1) is 0 Å². The number of rotatable bonds is 9. The molecule has 2 amide bonds. The van der Waals surface area contributed by atoms with Crippen LogP contribution < -0.4 is 15.0 Å². The first kappa shape index (κ1) is 27.3. The van der Waals surface area contributed by atoms with Crippen molar-refractivity contribution in [2.24, 2.45) is 0 Å². The van der Waals surface area contributed by atoms with Gasteiger partial charge in [0.05, 0.1) is 24.2 Å². The minimum Gasteiger partial charge on any atom is -0.495 e. The topological polar surface area (TPSA) is 68.4 Å². The van der Waals surface area contributed by atoms with Crippen LogP contribution in [0, 0.1) is 5.82 Å². The van der Waals surface area contributed by atoms with E-state index in [9.17, 15) is 14.0 Å². The number of carbonyl (C=O) groups is 2. The largest absolute Gasteiger partial charge is 0.495 e. The third kappa shape index (κ3) is 6.56. The van der Waals surface area contributed by atoms with Crippen LogP contribution in [0.25, 0.3) is 0 Å². The van der Waals surface area contributed by atoms with E-state index in [0.29, 0.717) is 33.8 Å². The van der Waals surface area contributed by atoms with Crippen LogP contribution in [0.1, 0.15) is 12.8 Å². The molecule has 0 radical (unpaired) electrons. The highest BCUT2D eigenvalue weighted by Crippen LogP contribution is 2.33. The Morgan fingerprint density at radius 3 is 2.49 bits per heavy atom. The molecular formula is C26H31ClFN5O3S. The molecule has 0 aromatic heterocycles. The fraction of sp³-hybridized carbons (Fsp3) is 0.423. The fourth-order valence-corrected chi connectivity index (χ4v) is 5.24. The fourth-order valence-electron chi connectivity index (χ4n) is 4.58. The van der Waals surface area contributed by atoms with Crippen LogP contribution in [0.15, 0.2) is 42.5 Å². The number of halogens is 2. The van der Waals surface area contributed by atoms with Crippen LogP contribution in [0.5, 0.6) is 5.75 Å². The SMILES string of the molecule is COc1ccc(N2C(=O)[C@@H](CC(=O)Nc3ccc(F)cc3)N(CCCN3CCN(C)CC3)C2=S)cc1Cl. The Morgan fingerprint density at radius 1 is 1.14 bits per heavy atom. The second-order valence-electron chi connectivity index (χ2n) is 9.24. The third-order valence-corrected chi connectivity index (χ3v) is 7.40.